The van der Waals surface area contributed by atoms with E-state index in [1.165, 1.54) is 36.8 Å². The van der Waals surface area contributed by atoms with E-state index in [0.29, 0.717) is 50.0 Å². The van der Waals surface area contributed by atoms with Gasteiger partial charge in [0, 0.05) is 31.8 Å². The smallest absolute Gasteiger partial charge is 0.255 e. The number of aliphatic hydroxyl groups is 3. The summed E-state index contributed by atoms with van der Waals surface area (Å²) in [5, 5.41) is 32.4. The van der Waals surface area contributed by atoms with E-state index in [0.717, 1.165) is 36.0 Å². The highest BCUT2D eigenvalue weighted by Crippen LogP contribution is 2.60. The van der Waals surface area contributed by atoms with Crippen LogP contribution >= 0.6 is 0 Å². The molecule has 1 saturated heterocycles. The summed E-state index contributed by atoms with van der Waals surface area (Å²) in [5.74, 6) is 1.38. The summed E-state index contributed by atoms with van der Waals surface area (Å²) in [5.41, 5.74) is 4.25. The molecule has 3 aliphatic carbocycles. The Morgan fingerprint density at radius 3 is 2.43 bits per heavy atom. The van der Waals surface area contributed by atoms with Gasteiger partial charge in [-0.15, -0.1) is 0 Å². The van der Waals surface area contributed by atoms with Crippen molar-refractivity contribution < 1.29 is 20.1 Å². The van der Waals surface area contributed by atoms with Crippen LogP contribution in [0.15, 0.2) is 96.1 Å². The molecule has 6 rings (SSSR count). The maximum Gasteiger partial charge on any atom is 0.255 e. The normalized spacial score (nSPS) is 35.6. The number of likely N-dealkylation sites (tertiary alicyclic amines) is 1. The van der Waals surface area contributed by atoms with Crippen molar-refractivity contribution in [1.29, 1.82) is 0 Å². The van der Waals surface area contributed by atoms with Gasteiger partial charge in [0.05, 0.1) is 12.2 Å². The number of hydrogen-bond donors (Lipinski definition) is 3. The predicted molar refractivity (Wildman–Crippen MR) is 184 cm³/mol. The Bertz CT molecular complexity index is 1450. The van der Waals surface area contributed by atoms with Crippen molar-refractivity contribution in [2.45, 2.75) is 108 Å². The highest BCUT2D eigenvalue weighted by molar-refractivity contribution is 5.88. The molecule has 4 fully saturated rings. The van der Waals surface area contributed by atoms with Gasteiger partial charge in [0.2, 0.25) is 0 Å². The first kappa shape index (κ1) is 32.9. The highest BCUT2D eigenvalue weighted by Gasteiger charge is 2.54. The summed E-state index contributed by atoms with van der Waals surface area (Å²) in [4.78, 5) is 16.0. The topological polar surface area (TPSA) is 81.0 Å². The molecule has 46 heavy (non-hydrogen) atoms. The van der Waals surface area contributed by atoms with Crippen LogP contribution in [0.3, 0.4) is 0 Å². The standard InChI is InChI=1S/C41H53NO4/c1-28(36-18-19-37-32(15-10-21-40(36,37)3)16-17-33-24-35(43)25-38(44)29(33)2)23-34-27-41(46,26-31-13-8-5-9-14-31)39(45)42(34)22-20-30-11-6-4-7-12-30/h4-9,11-14,16-17,28,34-38,43-44,46H,2,10,15,18-27H2,1,3H3/b32-16+,33-17-/t28-,34-,35-,36-,37+,38+,40-,41-/m1/s1. The zero-order valence-corrected chi connectivity index (χ0v) is 27.8. The number of carbonyl (C=O) groups excluding carboxylic acids is 1. The van der Waals surface area contributed by atoms with E-state index in [2.05, 4.69) is 44.7 Å². The molecule has 0 aromatic heterocycles. The van der Waals surface area contributed by atoms with Gasteiger partial charge in [0.1, 0.15) is 5.60 Å². The van der Waals surface area contributed by atoms with Gasteiger partial charge in [0.25, 0.3) is 5.91 Å². The van der Waals surface area contributed by atoms with Gasteiger partial charge in [0.15, 0.2) is 0 Å². The molecule has 5 heteroatoms. The Hall–Kier alpha value is -2.99. The molecular weight excluding hydrogens is 570 g/mol. The molecule has 246 valence electrons. The Morgan fingerprint density at radius 2 is 1.72 bits per heavy atom. The molecule has 3 saturated carbocycles. The van der Waals surface area contributed by atoms with Gasteiger partial charge in [-0.3, -0.25) is 4.79 Å². The van der Waals surface area contributed by atoms with Crippen LogP contribution < -0.4 is 0 Å². The summed E-state index contributed by atoms with van der Waals surface area (Å²) in [6.07, 6.45) is 12.5. The van der Waals surface area contributed by atoms with Gasteiger partial charge in [-0.05, 0) is 96.8 Å². The van der Waals surface area contributed by atoms with Gasteiger partial charge >= 0.3 is 0 Å². The zero-order valence-electron chi connectivity index (χ0n) is 27.8. The first-order valence-corrected chi connectivity index (χ1v) is 17.6. The number of fused-ring (bicyclic) bond motifs is 1. The van der Waals surface area contributed by atoms with Crippen molar-refractivity contribution >= 4 is 5.91 Å². The summed E-state index contributed by atoms with van der Waals surface area (Å²) in [6, 6.07) is 20.3. The number of nitrogens with zero attached hydrogens (tertiary/aromatic N) is 1. The number of allylic oxidation sites excluding steroid dienone is 3. The van der Waals surface area contributed by atoms with Crippen molar-refractivity contribution in [2.24, 2.45) is 23.2 Å². The Kier molecular flexibility index (Phi) is 9.75. The monoisotopic (exact) mass is 623 g/mol. The predicted octanol–water partition coefficient (Wildman–Crippen LogP) is 6.97. The van der Waals surface area contributed by atoms with Crippen LogP contribution in [-0.2, 0) is 17.6 Å². The Morgan fingerprint density at radius 1 is 1.02 bits per heavy atom. The van der Waals surface area contributed by atoms with E-state index in [1.54, 1.807) is 0 Å². The highest BCUT2D eigenvalue weighted by atomic mass is 16.3. The number of amides is 1. The summed E-state index contributed by atoms with van der Waals surface area (Å²) in [6.45, 7) is 9.62. The molecule has 5 nitrogen and oxygen atoms in total. The maximum atomic E-state index is 14.0. The van der Waals surface area contributed by atoms with E-state index in [9.17, 15) is 20.1 Å². The fourth-order valence-corrected chi connectivity index (χ4v) is 9.76. The van der Waals surface area contributed by atoms with Crippen LogP contribution in [-0.4, -0.2) is 56.5 Å². The lowest BCUT2D eigenvalue weighted by Gasteiger charge is -2.45. The van der Waals surface area contributed by atoms with E-state index in [-0.39, 0.29) is 17.4 Å². The maximum absolute atomic E-state index is 14.0. The molecule has 2 aromatic rings. The van der Waals surface area contributed by atoms with Crippen LogP contribution in [0.5, 0.6) is 0 Å². The first-order chi connectivity index (χ1) is 22.1. The number of hydrogen-bond acceptors (Lipinski definition) is 4. The van der Waals surface area contributed by atoms with Gasteiger partial charge in [-0.2, -0.15) is 0 Å². The van der Waals surface area contributed by atoms with Crippen LogP contribution in [0, 0.1) is 23.2 Å². The number of benzene rings is 2. The number of rotatable bonds is 9. The van der Waals surface area contributed by atoms with Crippen molar-refractivity contribution in [3.63, 3.8) is 0 Å². The quantitative estimate of drug-likeness (QED) is 0.282. The zero-order chi connectivity index (χ0) is 32.5. The largest absolute Gasteiger partial charge is 0.393 e. The third-order valence-electron chi connectivity index (χ3n) is 12.1. The molecular formula is C41H53NO4. The minimum Gasteiger partial charge on any atom is -0.393 e. The number of aliphatic hydroxyl groups excluding tert-OH is 2. The molecule has 1 amide bonds. The average Bonchev–Trinajstić information content (AvgIpc) is 3.51. The molecule has 4 aliphatic rings. The molecule has 0 radical (unpaired) electrons. The second-order valence-corrected chi connectivity index (χ2v) is 15.2. The molecule has 2 aromatic carbocycles. The van der Waals surface area contributed by atoms with E-state index < -0.39 is 17.8 Å². The van der Waals surface area contributed by atoms with E-state index in [1.807, 2.05) is 53.4 Å². The third-order valence-corrected chi connectivity index (χ3v) is 12.1. The van der Waals surface area contributed by atoms with Crippen molar-refractivity contribution in [3.8, 4) is 0 Å². The van der Waals surface area contributed by atoms with Crippen LogP contribution in [0.25, 0.3) is 0 Å². The van der Waals surface area contributed by atoms with Gasteiger partial charge in [-0.1, -0.05) is 98.8 Å². The Balaban J connectivity index is 1.19. The van der Waals surface area contributed by atoms with E-state index >= 15 is 0 Å². The fraction of sp³-hybridized carbons (Fsp3) is 0.537. The van der Waals surface area contributed by atoms with E-state index in [4.69, 9.17) is 0 Å². The lowest BCUT2D eigenvalue weighted by atomic mass is 9.60. The molecule has 3 N–H and O–H groups in total. The third kappa shape index (κ3) is 6.70. The molecule has 1 heterocycles. The first-order valence-electron chi connectivity index (χ1n) is 17.6. The number of carbonyl (C=O) groups is 1. The second-order valence-electron chi connectivity index (χ2n) is 15.2. The van der Waals surface area contributed by atoms with Crippen molar-refractivity contribution in [1.82, 2.24) is 4.90 Å². The second kappa shape index (κ2) is 13.6. The van der Waals surface area contributed by atoms with Crippen LogP contribution in [0.2, 0.25) is 0 Å². The minimum atomic E-state index is -1.37. The molecule has 0 bridgehead atoms. The average molecular weight is 624 g/mol. The van der Waals surface area contributed by atoms with Crippen molar-refractivity contribution in [2.75, 3.05) is 6.54 Å². The molecule has 0 spiro atoms. The van der Waals surface area contributed by atoms with Crippen molar-refractivity contribution in [3.05, 3.63) is 107 Å². The van der Waals surface area contributed by atoms with Crippen LogP contribution in [0.1, 0.15) is 82.8 Å². The Labute approximate surface area is 275 Å². The summed E-state index contributed by atoms with van der Waals surface area (Å²) in [7, 11) is 0. The molecule has 0 unspecified atom stereocenters. The summed E-state index contributed by atoms with van der Waals surface area (Å²) < 4.78 is 0. The SMILES string of the molecule is C=C1/C(=C\C=C2/CCC[C@]3(C)[C@@H]([C@H](C)C[C@@H]4C[C@](O)(Cc5ccccc5)C(=O)N4CCc4ccccc4)CC[C@@H]23)C[C@@H](O)C[C@@H]1O. The van der Waals surface area contributed by atoms with Gasteiger partial charge in [-0.25, -0.2) is 0 Å². The molecule has 1 aliphatic heterocycles. The minimum absolute atomic E-state index is 0.0149. The lowest BCUT2D eigenvalue weighted by Crippen LogP contribution is -2.43. The summed E-state index contributed by atoms with van der Waals surface area (Å²) >= 11 is 0. The van der Waals surface area contributed by atoms with Crippen LogP contribution in [0.4, 0.5) is 0 Å². The fourth-order valence-electron chi connectivity index (χ4n) is 9.76. The molecule has 8 atom stereocenters. The van der Waals surface area contributed by atoms with Gasteiger partial charge < -0.3 is 20.2 Å². The lowest BCUT2D eigenvalue weighted by molar-refractivity contribution is -0.143.